The van der Waals surface area contributed by atoms with Crippen LogP contribution in [0, 0.1) is 5.92 Å². The summed E-state index contributed by atoms with van der Waals surface area (Å²) >= 11 is 0. The second-order valence-electron chi connectivity index (χ2n) is 9.25. The third-order valence-electron chi connectivity index (χ3n) is 7.58. The minimum Gasteiger partial charge on any atom is -0.469 e. The van der Waals surface area contributed by atoms with Crippen LogP contribution in [-0.4, -0.2) is 42.9 Å². The van der Waals surface area contributed by atoms with Crippen molar-refractivity contribution < 1.29 is 14.3 Å². The highest BCUT2D eigenvalue weighted by molar-refractivity contribution is 6.09. The molecule has 4 heteroatoms. The normalized spacial score (nSPS) is 24.4. The Morgan fingerprint density at radius 2 is 1.58 bits per heavy atom. The minimum atomic E-state index is -0.128. The Morgan fingerprint density at radius 1 is 0.848 bits per heavy atom. The van der Waals surface area contributed by atoms with Crippen LogP contribution in [0.2, 0.25) is 0 Å². The summed E-state index contributed by atoms with van der Waals surface area (Å²) in [5, 5.41) is 0. The molecule has 0 amide bonds. The molecule has 0 saturated carbocycles. The van der Waals surface area contributed by atoms with E-state index in [4.69, 9.17) is 4.74 Å². The van der Waals surface area contributed by atoms with Crippen molar-refractivity contribution in [2.24, 2.45) is 5.92 Å². The van der Waals surface area contributed by atoms with Gasteiger partial charge in [-0.3, -0.25) is 14.5 Å². The van der Waals surface area contributed by atoms with Gasteiger partial charge in [0.05, 0.1) is 13.0 Å². The molecule has 2 bridgehead atoms. The highest BCUT2D eigenvalue weighted by atomic mass is 16.5. The van der Waals surface area contributed by atoms with Crippen LogP contribution >= 0.6 is 0 Å². The third kappa shape index (κ3) is 4.00. The predicted octanol–water partition coefficient (Wildman–Crippen LogP) is 5.32. The van der Waals surface area contributed by atoms with Crippen LogP contribution in [0.4, 0.5) is 0 Å². The van der Waals surface area contributed by atoms with Gasteiger partial charge in [-0.2, -0.15) is 0 Å². The fourth-order valence-corrected chi connectivity index (χ4v) is 5.79. The maximum atomic E-state index is 12.9. The van der Waals surface area contributed by atoms with Gasteiger partial charge in [0.2, 0.25) is 0 Å². The van der Waals surface area contributed by atoms with E-state index < -0.39 is 0 Å². The molecule has 0 radical (unpaired) electrons. The lowest BCUT2D eigenvalue weighted by Crippen LogP contribution is -2.49. The molecule has 2 heterocycles. The molecule has 3 aromatic carbocycles. The molecule has 168 valence electrons. The highest BCUT2D eigenvalue weighted by Gasteiger charge is 2.49. The van der Waals surface area contributed by atoms with E-state index in [-0.39, 0.29) is 29.6 Å². The average molecular weight is 440 g/mol. The van der Waals surface area contributed by atoms with E-state index in [1.165, 1.54) is 12.7 Å². The molecule has 2 aliphatic heterocycles. The van der Waals surface area contributed by atoms with E-state index in [0.717, 1.165) is 30.4 Å². The Morgan fingerprint density at radius 3 is 2.30 bits per heavy atom. The van der Waals surface area contributed by atoms with Gasteiger partial charge in [0.15, 0.2) is 5.78 Å². The molecule has 0 aromatic heterocycles. The van der Waals surface area contributed by atoms with Crippen LogP contribution in [-0.2, 0) is 9.53 Å². The molecule has 2 saturated heterocycles. The van der Waals surface area contributed by atoms with Crippen molar-refractivity contribution in [3.8, 4) is 11.1 Å². The molecule has 0 N–H and O–H groups in total. The monoisotopic (exact) mass is 439 g/mol. The van der Waals surface area contributed by atoms with Crippen molar-refractivity contribution in [2.75, 3.05) is 14.2 Å². The van der Waals surface area contributed by atoms with Gasteiger partial charge in [0.1, 0.15) is 0 Å². The number of methoxy groups -OCH3 is 1. The van der Waals surface area contributed by atoms with Gasteiger partial charge in [0, 0.05) is 29.1 Å². The molecule has 4 nitrogen and oxygen atoms in total. The summed E-state index contributed by atoms with van der Waals surface area (Å²) in [7, 11) is 3.63. The van der Waals surface area contributed by atoms with Gasteiger partial charge in [-0.15, -0.1) is 0 Å². The number of fused-ring (bicyclic) bond motifs is 2. The first-order valence-corrected chi connectivity index (χ1v) is 11.7. The summed E-state index contributed by atoms with van der Waals surface area (Å²) < 4.78 is 5.21. The van der Waals surface area contributed by atoms with E-state index in [2.05, 4.69) is 36.2 Å². The summed E-state index contributed by atoms with van der Waals surface area (Å²) in [5.74, 6) is -0.0344. The molecule has 0 spiro atoms. The zero-order valence-electron chi connectivity index (χ0n) is 19.1. The van der Waals surface area contributed by atoms with E-state index in [0.29, 0.717) is 17.2 Å². The summed E-state index contributed by atoms with van der Waals surface area (Å²) in [6.07, 6.45) is 3.18. The van der Waals surface area contributed by atoms with Gasteiger partial charge >= 0.3 is 5.97 Å². The van der Waals surface area contributed by atoms with Crippen molar-refractivity contribution in [2.45, 2.75) is 37.3 Å². The topological polar surface area (TPSA) is 46.6 Å². The van der Waals surface area contributed by atoms with E-state index in [1.54, 1.807) is 0 Å². The Balaban J connectivity index is 1.41. The fourth-order valence-electron chi connectivity index (χ4n) is 5.79. The molecular formula is C29H29NO3. The van der Waals surface area contributed by atoms with Gasteiger partial charge < -0.3 is 4.74 Å². The number of piperidine rings is 1. The lowest BCUT2D eigenvalue weighted by Gasteiger charge is -2.41. The summed E-state index contributed by atoms with van der Waals surface area (Å²) in [5.41, 5.74) is 4.63. The second-order valence-corrected chi connectivity index (χ2v) is 9.25. The summed E-state index contributed by atoms with van der Waals surface area (Å²) in [4.78, 5) is 28.0. The zero-order valence-corrected chi connectivity index (χ0v) is 19.1. The summed E-state index contributed by atoms with van der Waals surface area (Å²) in [6, 6.07) is 26.4. The molecule has 4 atom stereocenters. The molecule has 3 aromatic rings. The first kappa shape index (κ1) is 21.6. The van der Waals surface area contributed by atoms with Crippen LogP contribution in [0.25, 0.3) is 11.1 Å². The highest BCUT2D eigenvalue weighted by Crippen LogP contribution is 2.46. The first-order chi connectivity index (χ1) is 16.1. The average Bonchev–Trinajstić information content (AvgIpc) is 3.10. The Kier molecular flexibility index (Phi) is 5.86. The lowest BCUT2D eigenvalue weighted by atomic mass is 9.76. The second kappa shape index (κ2) is 8.95. The van der Waals surface area contributed by atoms with Crippen molar-refractivity contribution >= 4 is 11.8 Å². The van der Waals surface area contributed by atoms with Gasteiger partial charge in [-0.1, -0.05) is 72.8 Å². The maximum Gasteiger partial charge on any atom is 0.310 e. The number of carbonyl (C=O) groups is 2. The number of carbonyl (C=O) groups excluding carboxylic acids is 2. The largest absolute Gasteiger partial charge is 0.469 e. The number of nitrogens with zero attached hydrogens (tertiary/aromatic N) is 1. The SMILES string of the molecule is COC(=O)C1C(c2ccc(-c3cccc(C(=O)c4ccccc4)c3)cc2)CC2CCC1N2C. The van der Waals surface area contributed by atoms with Gasteiger partial charge in [-0.05, 0) is 49.1 Å². The molecule has 0 aliphatic carbocycles. The van der Waals surface area contributed by atoms with Crippen molar-refractivity contribution in [3.05, 3.63) is 95.6 Å². The van der Waals surface area contributed by atoms with Crippen LogP contribution in [0.5, 0.6) is 0 Å². The van der Waals surface area contributed by atoms with Crippen molar-refractivity contribution in [1.82, 2.24) is 4.90 Å². The number of benzene rings is 3. The van der Waals surface area contributed by atoms with E-state index >= 15 is 0 Å². The lowest BCUT2D eigenvalue weighted by molar-refractivity contribution is -0.150. The number of hydrogen-bond acceptors (Lipinski definition) is 4. The predicted molar refractivity (Wildman–Crippen MR) is 129 cm³/mol. The third-order valence-corrected chi connectivity index (χ3v) is 7.58. The minimum absolute atomic E-state index is 0.0248. The quantitative estimate of drug-likeness (QED) is 0.399. The van der Waals surface area contributed by atoms with Crippen molar-refractivity contribution in [1.29, 1.82) is 0 Å². The molecular weight excluding hydrogens is 410 g/mol. The number of hydrogen-bond donors (Lipinski definition) is 0. The Labute approximate surface area is 195 Å². The summed E-state index contributed by atoms with van der Waals surface area (Å²) in [6.45, 7) is 0. The number of ketones is 1. The smallest absolute Gasteiger partial charge is 0.310 e. The van der Waals surface area contributed by atoms with E-state index in [1.807, 2.05) is 54.6 Å². The van der Waals surface area contributed by atoms with Crippen LogP contribution in [0.15, 0.2) is 78.9 Å². The number of rotatable bonds is 5. The van der Waals surface area contributed by atoms with Crippen molar-refractivity contribution in [3.63, 3.8) is 0 Å². The Bertz CT molecular complexity index is 1150. The molecule has 2 aliphatic rings. The van der Waals surface area contributed by atoms with Crippen LogP contribution in [0.1, 0.15) is 46.7 Å². The molecule has 2 fully saturated rings. The molecule has 4 unspecified atom stereocenters. The number of esters is 1. The Hall–Kier alpha value is -3.24. The molecule has 5 rings (SSSR count). The first-order valence-electron chi connectivity index (χ1n) is 11.7. The zero-order chi connectivity index (χ0) is 22.9. The molecule has 33 heavy (non-hydrogen) atoms. The number of ether oxygens (including phenoxy) is 1. The van der Waals surface area contributed by atoms with Crippen LogP contribution < -0.4 is 0 Å². The standard InChI is InChI=1S/C29H29NO3/c1-30-24-15-16-26(30)27(29(32)33-2)25(18-24)20-13-11-19(12-14-20)22-9-6-10-23(17-22)28(31)21-7-4-3-5-8-21/h3-14,17,24-27H,15-16,18H2,1-2H3. The van der Waals surface area contributed by atoms with Gasteiger partial charge in [-0.25, -0.2) is 0 Å². The maximum absolute atomic E-state index is 12.9. The van der Waals surface area contributed by atoms with E-state index in [9.17, 15) is 9.59 Å². The van der Waals surface area contributed by atoms with Gasteiger partial charge in [0.25, 0.3) is 0 Å². The van der Waals surface area contributed by atoms with Crippen LogP contribution in [0.3, 0.4) is 0 Å². The fraction of sp³-hybridized carbons (Fsp3) is 0.310.